The summed E-state index contributed by atoms with van der Waals surface area (Å²) in [6.07, 6.45) is 0.653. The van der Waals surface area contributed by atoms with E-state index in [1.165, 1.54) is 0 Å². The molecule has 0 fully saturated rings. The van der Waals surface area contributed by atoms with E-state index in [0.717, 1.165) is 11.1 Å². The van der Waals surface area contributed by atoms with Crippen molar-refractivity contribution >= 4 is 5.97 Å². The number of rotatable bonds is 4. The molecule has 1 unspecified atom stereocenters. The monoisotopic (exact) mass is 282 g/mol. The Bertz CT molecular complexity index is 568. The molecular weight excluding hydrogens is 260 g/mol. The zero-order valence-corrected chi connectivity index (χ0v) is 12.9. The Balaban J connectivity index is 2.25. The number of ether oxygens (including phenoxy) is 1. The Hall–Kier alpha value is -2.09. The number of carbonyl (C=O) groups excluding carboxylic acids is 1. The first-order valence-electron chi connectivity index (χ1n) is 7.27. The molecule has 0 aliphatic rings. The van der Waals surface area contributed by atoms with Gasteiger partial charge in [0.15, 0.2) is 0 Å². The molecule has 0 N–H and O–H groups in total. The highest BCUT2D eigenvalue weighted by Gasteiger charge is 2.26. The van der Waals surface area contributed by atoms with Crippen LogP contribution in [-0.2, 0) is 16.0 Å². The maximum absolute atomic E-state index is 12.5. The van der Waals surface area contributed by atoms with Crippen LogP contribution in [0.4, 0.5) is 0 Å². The second-order valence-electron chi connectivity index (χ2n) is 6.19. The highest BCUT2D eigenvalue weighted by Crippen LogP contribution is 2.24. The fourth-order valence-corrected chi connectivity index (χ4v) is 2.25. The van der Waals surface area contributed by atoms with E-state index in [2.05, 4.69) is 0 Å². The van der Waals surface area contributed by atoms with Gasteiger partial charge in [-0.15, -0.1) is 0 Å². The van der Waals surface area contributed by atoms with Crippen LogP contribution in [0.3, 0.4) is 0 Å². The van der Waals surface area contributed by atoms with Crippen LogP contribution in [0.25, 0.3) is 0 Å². The largest absolute Gasteiger partial charge is 0.459 e. The molecule has 2 heteroatoms. The Labute approximate surface area is 126 Å². The fourth-order valence-electron chi connectivity index (χ4n) is 2.25. The average molecular weight is 282 g/mol. The van der Waals surface area contributed by atoms with E-state index in [1.54, 1.807) is 0 Å². The van der Waals surface area contributed by atoms with Crippen molar-refractivity contribution in [3.63, 3.8) is 0 Å². The molecule has 0 amide bonds. The second kappa shape index (κ2) is 6.57. The van der Waals surface area contributed by atoms with Gasteiger partial charge in [-0.3, -0.25) is 4.79 Å². The normalized spacial score (nSPS) is 12.7. The lowest BCUT2D eigenvalue weighted by molar-refractivity contribution is -0.156. The van der Waals surface area contributed by atoms with Crippen molar-refractivity contribution in [1.82, 2.24) is 0 Å². The van der Waals surface area contributed by atoms with Crippen LogP contribution in [0.1, 0.15) is 37.8 Å². The van der Waals surface area contributed by atoms with Gasteiger partial charge < -0.3 is 4.74 Å². The summed E-state index contributed by atoms with van der Waals surface area (Å²) < 4.78 is 5.59. The summed E-state index contributed by atoms with van der Waals surface area (Å²) in [7, 11) is 0. The SMILES string of the molecule is CC(C)(C)OC(=O)C(Cc1ccccc1)c1ccccc1. The lowest BCUT2D eigenvalue weighted by Crippen LogP contribution is -2.28. The molecular formula is C19H22O2. The lowest BCUT2D eigenvalue weighted by Gasteiger charge is -2.24. The van der Waals surface area contributed by atoms with Gasteiger partial charge in [0.25, 0.3) is 0 Å². The zero-order valence-electron chi connectivity index (χ0n) is 12.9. The molecule has 0 radical (unpaired) electrons. The average Bonchev–Trinajstić information content (AvgIpc) is 2.45. The molecule has 0 heterocycles. The van der Waals surface area contributed by atoms with Crippen LogP contribution >= 0.6 is 0 Å². The second-order valence-corrected chi connectivity index (χ2v) is 6.19. The van der Waals surface area contributed by atoms with Crippen molar-refractivity contribution in [2.75, 3.05) is 0 Å². The molecule has 0 saturated heterocycles. The van der Waals surface area contributed by atoms with Crippen molar-refractivity contribution in [1.29, 1.82) is 0 Å². The van der Waals surface area contributed by atoms with Crippen LogP contribution in [0.2, 0.25) is 0 Å². The summed E-state index contributed by atoms with van der Waals surface area (Å²) in [4.78, 5) is 12.5. The van der Waals surface area contributed by atoms with Gasteiger partial charge in [-0.2, -0.15) is 0 Å². The topological polar surface area (TPSA) is 26.3 Å². The number of benzene rings is 2. The predicted molar refractivity (Wildman–Crippen MR) is 85.2 cm³/mol. The van der Waals surface area contributed by atoms with E-state index in [9.17, 15) is 4.79 Å². The van der Waals surface area contributed by atoms with Crippen molar-refractivity contribution in [2.24, 2.45) is 0 Å². The van der Waals surface area contributed by atoms with E-state index in [4.69, 9.17) is 4.74 Å². The molecule has 2 aromatic carbocycles. The predicted octanol–water partition coefficient (Wildman–Crippen LogP) is 4.35. The minimum absolute atomic E-state index is 0.169. The van der Waals surface area contributed by atoms with Crippen molar-refractivity contribution in [3.05, 3.63) is 71.8 Å². The van der Waals surface area contributed by atoms with Gasteiger partial charge in [0.2, 0.25) is 0 Å². The van der Waals surface area contributed by atoms with E-state index in [-0.39, 0.29) is 11.9 Å². The molecule has 0 aliphatic carbocycles. The highest BCUT2D eigenvalue weighted by molar-refractivity contribution is 5.79. The third-order valence-corrected chi connectivity index (χ3v) is 3.18. The first kappa shape index (κ1) is 15.3. The van der Waals surface area contributed by atoms with Gasteiger partial charge in [0.1, 0.15) is 5.60 Å². The van der Waals surface area contributed by atoms with Gasteiger partial charge in [0.05, 0.1) is 5.92 Å². The molecule has 21 heavy (non-hydrogen) atoms. The minimum atomic E-state index is -0.471. The summed E-state index contributed by atoms with van der Waals surface area (Å²) >= 11 is 0. The summed E-state index contributed by atoms with van der Waals surface area (Å²) in [5, 5.41) is 0. The van der Waals surface area contributed by atoms with Gasteiger partial charge >= 0.3 is 5.97 Å². The molecule has 0 saturated carbocycles. The fraction of sp³-hybridized carbons (Fsp3) is 0.316. The van der Waals surface area contributed by atoms with Crippen LogP contribution in [0.5, 0.6) is 0 Å². The number of hydrogen-bond acceptors (Lipinski definition) is 2. The Morgan fingerprint density at radius 1 is 0.952 bits per heavy atom. The molecule has 2 nitrogen and oxygen atoms in total. The van der Waals surface area contributed by atoms with Crippen LogP contribution < -0.4 is 0 Å². The zero-order chi connectivity index (χ0) is 15.3. The molecule has 0 spiro atoms. The number of hydrogen-bond donors (Lipinski definition) is 0. The molecule has 0 bridgehead atoms. The number of carbonyl (C=O) groups is 1. The molecule has 1 atom stereocenters. The van der Waals surface area contributed by atoms with E-state index >= 15 is 0 Å². The Morgan fingerprint density at radius 2 is 1.48 bits per heavy atom. The molecule has 110 valence electrons. The maximum Gasteiger partial charge on any atom is 0.314 e. The van der Waals surface area contributed by atoms with Crippen LogP contribution in [0.15, 0.2) is 60.7 Å². The van der Waals surface area contributed by atoms with E-state index in [0.29, 0.717) is 6.42 Å². The quantitative estimate of drug-likeness (QED) is 0.779. The lowest BCUT2D eigenvalue weighted by atomic mass is 9.92. The Morgan fingerprint density at radius 3 is 2.00 bits per heavy atom. The third kappa shape index (κ3) is 4.75. The molecule has 0 aromatic heterocycles. The van der Waals surface area contributed by atoms with Crippen LogP contribution in [0, 0.1) is 0 Å². The first-order chi connectivity index (χ1) is 9.96. The standard InChI is InChI=1S/C19H22O2/c1-19(2,3)21-18(20)17(16-12-8-5-9-13-16)14-15-10-6-4-7-11-15/h4-13,17H,14H2,1-3H3. The first-order valence-corrected chi connectivity index (χ1v) is 7.27. The maximum atomic E-state index is 12.5. The highest BCUT2D eigenvalue weighted by atomic mass is 16.6. The van der Waals surface area contributed by atoms with E-state index < -0.39 is 5.60 Å². The smallest absolute Gasteiger partial charge is 0.314 e. The summed E-state index contributed by atoms with van der Waals surface area (Å²) in [6.45, 7) is 5.69. The number of esters is 1. The van der Waals surface area contributed by atoms with Gasteiger partial charge in [-0.1, -0.05) is 60.7 Å². The van der Waals surface area contributed by atoms with Gasteiger partial charge in [-0.05, 0) is 38.3 Å². The van der Waals surface area contributed by atoms with Crippen molar-refractivity contribution < 1.29 is 9.53 Å². The third-order valence-electron chi connectivity index (χ3n) is 3.18. The van der Waals surface area contributed by atoms with Gasteiger partial charge in [-0.25, -0.2) is 0 Å². The van der Waals surface area contributed by atoms with Gasteiger partial charge in [0, 0.05) is 0 Å². The van der Waals surface area contributed by atoms with Crippen molar-refractivity contribution in [2.45, 2.75) is 38.7 Å². The van der Waals surface area contributed by atoms with Crippen molar-refractivity contribution in [3.8, 4) is 0 Å². The summed E-state index contributed by atoms with van der Waals surface area (Å²) in [6, 6.07) is 19.9. The summed E-state index contributed by atoms with van der Waals surface area (Å²) in [5.41, 5.74) is 1.66. The van der Waals surface area contributed by atoms with Crippen LogP contribution in [-0.4, -0.2) is 11.6 Å². The molecule has 2 rings (SSSR count). The minimum Gasteiger partial charge on any atom is -0.459 e. The van der Waals surface area contributed by atoms with E-state index in [1.807, 2.05) is 81.4 Å². The molecule has 2 aromatic rings. The summed E-state index contributed by atoms with van der Waals surface area (Å²) in [5.74, 6) is -0.439. The Kier molecular flexibility index (Phi) is 4.79. The molecule has 0 aliphatic heterocycles.